The van der Waals surface area contributed by atoms with Gasteiger partial charge in [0.1, 0.15) is 0 Å². The number of benzene rings is 3. The second-order valence-corrected chi connectivity index (χ2v) is 6.57. The highest BCUT2D eigenvalue weighted by molar-refractivity contribution is 5.76. The van der Waals surface area contributed by atoms with Crippen molar-refractivity contribution in [1.82, 2.24) is 0 Å². The highest BCUT2D eigenvalue weighted by atomic mass is 14.9. The number of rotatable bonds is 6. The zero-order chi connectivity index (χ0) is 19.1. The second-order valence-electron chi connectivity index (χ2n) is 6.57. The van der Waals surface area contributed by atoms with Crippen molar-refractivity contribution in [3.8, 4) is 11.1 Å². The van der Waals surface area contributed by atoms with Crippen molar-refractivity contribution in [2.24, 2.45) is 0 Å². The third-order valence-electron chi connectivity index (χ3n) is 4.36. The van der Waals surface area contributed by atoms with Crippen LogP contribution in [0.1, 0.15) is 19.4 Å². The molecule has 0 aliphatic rings. The van der Waals surface area contributed by atoms with Crippen LogP contribution in [-0.4, -0.2) is 0 Å². The Morgan fingerprint density at radius 1 is 0.741 bits per heavy atom. The fraction of sp³-hybridized carbons (Fsp3) is 0.0769. The first-order valence-electron chi connectivity index (χ1n) is 9.18. The maximum Gasteiger partial charge on any atom is 0.0384 e. The van der Waals surface area contributed by atoms with E-state index < -0.39 is 0 Å². The van der Waals surface area contributed by atoms with E-state index in [1.54, 1.807) is 0 Å². The van der Waals surface area contributed by atoms with E-state index >= 15 is 0 Å². The maximum atomic E-state index is 3.92. The maximum absolute atomic E-state index is 3.92. The van der Waals surface area contributed by atoms with Gasteiger partial charge in [-0.15, -0.1) is 0 Å². The van der Waals surface area contributed by atoms with Crippen LogP contribution in [0.15, 0.2) is 109 Å². The van der Waals surface area contributed by atoms with Crippen LogP contribution in [0.3, 0.4) is 0 Å². The largest absolute Gasteiger partial charge is 0.356 e. The van der Waals surface area contributed by atoms with Gasteiger partial charge in [0.2, 0.25) is 0 Å². The fourth-order valence-electron chi connectivity index (χ4n) is 2.88. The first-order valence-corrected chi connectivity index (χ1v) is 9.18. The van der Waals surface area contributed by atoms with E-state index in [-0.39, 0.29) is 0 Å². The van der Waals surface area contributed by atoms with Crippen molar-refractivity contribution in [1.29, 1.82) is 0 Å². The Balaban J connectivity index is 1.70. The molecule has 0 heterocycles. The van der Waals surface area contributed by atoms with Crippen LogP contribution in [0, 0.1) is 0 Å². The molecule has 0 radical (unpaired) electrons. The smallest absolute Gasteiger partial charge is 0.0384 e. The van der Waals surface area contributed by atoms with Crippen molar-refractivity contribution in [2.45, 2.75) is 13.8 Å². The summed E-state index contributed by atoms with van der Waals surface area (Å²) in [6.45, 7) is 7.97. The molecule has 0 saturated heterocycles. The van der Waals surface area contributed by atoms with Gasteiger partial charge < -0.3 is 5.32 Å². The number of hydrogen-bond donors (Lipinski definition) is 1. The molecule has 0 fully saturated rings. The van der Waals surface area contributed by atoms with E-state index in [1.165, 1.54) is 22.3 Å². The number of allylic oxidation sites excluding steroid dienone is 5. The van der Waals surface area contributed by atoms with E-state index in [2.05, 4.69) is 104 Å². The highest BCUT2D eigenvalue weighted by Gasteiger charge is 2.00. The molecule has 0 unspecified atom stereocenters. The molecule has 1 heteroatoms. The van der Waals surface area contributed by atoms with Gasteiger partial charge in [0, 0.05) is 11.4 Å². The fourth-order valence-corrected chi connectivity index (χ4v) is 2.88. The third-order valence-corrected chi connectivity index (χ3v) is 4.36. The van der Waals surface area contributed by atoms with Gasteiger partial charge in [-0.1, -0.05) is 85.0 Å². The summed E-state index contributed by atoms with van der Waals surface area (Å²) in [4.78, 5) is 0. The molecule has 3 rings (SSSR count). The number of anilines is 2. The zero-order valence-corrected chi connectivity index (χ0v) is 15.9. The zero-order valence-electron chi connectivity index (χ0n) is 15.9. The highest BCUT2D eigenvalue weighted by Crippen LogP contribution is 2.24. The van der Waals surface area contributed by atoms with E-state index in [9.17, 15) is 0 Å². The van der Waals surface area contributed by atoms with Crippen LogP contribution >= 0.6 is 0 Å². The Morgan fingerprint density at radius 2 is 1.30 bits per heavy atom. The van der Waals surface area contributed by atoms with Gasteiger partial charge in [0.05, 0.1) is 0 Å². The molecule has 1 nitrogen and oxygen atoms in total. The van der Waals surface area contributed by atoms with E-state index in [0.717, 1.165) is 16.9 Å². The molecule has 1 N–H and O–H groups in total. The molecule has 0 spiro atoms. The lowest BCUT2D eigenvalue weighted by molar-refractivity contribution is 1.51. The van der Waals surface area contributed by atoms with E-state index in [4.69, 9.17) is 0 Å². The van der Waals surface area contributed by atoms with Crippen molar-refractivity contribution in [3.63, 3.8) is 0 Å². The topological polar surface area (TPSA) is 12.0 Å². The molecule has 0 aromatic heterocycles. The summed E-state index contributed by atoms with van der Waals surface area (Å²) < 4.78 is 0. The molecule has 27 heavy (non-hydrogen) atoms. The lowest BCUT2D eigenvalue weighted by Gasteiger charge is -2.09. The van der Waals surface area contributed by atoms with Gasteiger partial charge in [-0.05, 0) is 60.4 Å². The van der Waals surface area contributed by atoms with Gasteiger partial charge in [-0.2, -0.15) is 0 Å². The standard InChI is InChI=1S/C26H25N/c1-4-21(11-10-20(2)3)23-12-16-25(17-13-23)27-26-18-14-24(15-19-26)22-8-6-5-7-9-22/h4-19,27H,2H2,1,3H3/b11-10-,21-4+. The Hall–Kier alpha value is -3.32. The first kappa shape index (κ1) is 18.5. The van der Waals surface area contributed by atoms with Gasteiger partial charge >= 0.3 is 0 Å². The average Bonchev–Trinajstić information content (AvgIpc) is 2.71. The molecule has 0 aliphatic heterocycles. The minimum absolute atomic E-state index is 1.05. The molecule has 3 aromatic carbocycles. The lowest BCUT2D eigenvalue weighted by Crippen LogP contribution is -1.91. The molecule has 3 aromatic rings. The van der Waals surface area contributed by atoms with Gasteiger partial charge in [0.25, 0.3) is 0 Å². The van der Waals surface area contributed by atoms with Crippen LogP contribution in [0.5, 0.6) is 0 Å². The van der Waals surface area contributed by atoms with Crippen molar-refractivity contribution >= 4 is 16.9 Å². The Morgan fingerprint density at radius 3 is 1.85 bits per heavy atom. The Bertz CT molecular complexity index is 943. The summed E-state index contributed by atoms with van der Waals surface area (Å²) in [6.07, 6.45) is 6.26. The van der Waals surface area contributed by atoms with Crippen LogP contribution in [-0.2, 0) is 0 Å². The first-order chi connectivity index (χ1) is 13.2. The number of nitrogens with one attached hydrogen (secondary N) is 1. The molecule has 0 amide bonds. The minimum atomic E-state index is 1.05. The summed E-state index contributed by atoms with van der Waals surface area (Å²) >= 11 is 0. The minimum Gasteiger partial charge on any atom is -0.356 e. The van der Waals surface area contributed by atoms with Gasteiger partial charge in [-0.25, -0.2) is 0 Å². The summed E-state index contributed by atoms with van der Waals surface area (Å²) in [7, 11) is 0. The quantitative estimate of drug-likeness (QED) is 0.450. The van der Waals surface area contributed by atoms with Gasteiger partial charge in [-0.3, -0.25) is 0 Å². The summed E-state index contributed by atoms with van der Waals surface area (Å²) in [5.74, 6) is 0. The van der Waals surface area contributed by atoms with Crippen molar-refractivity contribution in [2.75, 3.05) is 5.32 Å². The lowest BCUT2D eigenvalue weighted by atomic mass is 10.0. The van der Waals surface area contributed by atoms with Crippen LogP contribution in [0.25, 0.3) is 16.7 Å². The summed E-state index contributed by atoms with van der Waals surface area (Å²) in [5.41, 5.74) is 8.04. The molecular formula is C26H25N. The second kappa shape index (κ2) is 8.86. The molecule has 0 aliphatic carbocycles. The summed E-state index contributed by atoms with van der Waals surface area (Å²) in [6, 6.07) is 27.4. The van der Waals surface area contributed by atoms with E-state index in [0.29, 0.717) is 0 Å². The Labute approximate surface area is 162 Å². The van der Waals surface area contributed by atoms with Crippen LogP contribution in [0.4, 0.5) is 11.4 Å². The molecule has 0 atom stereocenters. The van der Waals surface area contributed by atoms with E-state index in [1.807, 2.05) is 19.1 Å². The van der Waals surface area contributed by atoms with Crippen molar-refractivity contribution in [3.05, 3.63) is 115 Å². The average molecular weight is 351 g/mol. The predicted octanol–water partition coefficient (Wildman–Crippen LogP) is 7.63. The normalized spacial score (nSPS) is 11.6. The SMILES string of the molecule is C=C(C)/C=C\C(=C/C)c1ccc(Nc2ccc(-c3ccccc3)cc2)cc1. The summed E-state index contributed by atoms with van der Waals surface area (Å²) in [5, 5.41) is 3.47. The number of hydrogen-bond acceptors (Lipinski definition) is 1. The molecule has 0 bridgehead atoms. The molecule has 0 saturated carbocycles. The molecule has 134 valence electrons. The van der Waals surface area contributed by atoms with Crippen LogP contribution in [0.2, 0.25) is 0 Å². The monoisotopic (exact) mass is 351 g/mol. The van der Waals surface area contributed by atoms with Crippen LogP contribution < -0.4 is 5.32 Å². The predicted molar refractivity (Wildman–Crippen MR) is 119 cm³/mol. The third kappa shape index (κ3) is 5.08. The Kier molecular flexibility index (Phi) is 6.06. The molecular weight excluding hydrogens is 326 g/mol. The van der Waals surface area contributed by atoms with Crippen molar-refractivity contribution < 1.29 is 0 Å². The van der Waals surface area contributed by atoms with Gasteiger partial charge in [0.15, 0.2) is 0 Å².